The second kappa shape index (κ2) is 30.5. The van der Waals surface area contributed by atoms with Crippen molar-refractivity contribution in [2.75, 3.05) is 6.61 Å². The molecule has 0 saturated carbocycles. The van der Waals surface area contributed by atoms with Crippen LogP contribution >= 0.6 is 0 Å². The molecular weight excluding hydrogens is 311 g/mol. The number of aliphatic hydroxyl groups excluding tert-OH is 1. The van der Waals surface area contributed by atoms with Crippen LogP contribution in [0.1, 0.15) is 26.7 Å². The quantitative estimate of drug-likeness (QED) is 0.773. The summed E-state index contributed by atoms with van der Waals surface area (Å²) in [6.07, 6.45) is 2.04. The Morgan fingerprint density at radius 3 is 1.26 bits per heavy atom. The van der Waals surface area contributed by atoms with Crippen molar-refractivity contribution in [1.82, 2.24) is 0 Å². The third-order valence-electron chi connectivity index (χ3n) is 1.62. The zero-order valence-corrected chi connectivity index (χ0v) is 15.0. The van der Waals surface area contributed by atoms with Crippen LogP contribution in [0.3, 0.4) is 0 Å². The molecule has 2 rings (SSSR count). The van der Waals surface area contributed by atoms with Gasteiger partial charge in [0, 0.05) is 6.61 Å². The molecule has 0 spiro atoms. The molecule has 0 unspecified atom stereocenters. The van der Waals surface area contributed by atoms with Gasteiger partial charge < -0.3 is 19.5 Å². The summed E-state index contributed by atoms with van der Waals surface area (Å²) in [5.74, 6) is 0. The normalized spacial score (nSPS) is 6.74. The van der Waals surface area contributed by atoms with E-state index in [2.05, 4.69) is 13.8 Å². The van der Waals surface area contributed by atoms with Gasteiger partial charge in [-0.2, -0.15) is 43.3 Å². The first kappa shape index (κ1) is 27.0. The third kappa shape index (κ3) is 31.8. The molecule has 0 bridgehead atoms. The predicted molar refractivity (Wildman–Crippen MR) is 83.5 cm³/mol. The molecule has 0 aliphatic heterocycles. The van der Waals surface area contributed by atoms with Crippen molar-refractivity contribution in [3.05, 3.63) is 75.0 Å². The molecule has 0 heterocycles. The van der Waals surface area contributed by atoms with Gasteiger partial charge in [-0.05, 0) is 6.42 Å². The SMILES string of the molecule is CCCCO.[CH2-]C.[CH3-].[Zr+4].c1cc[cH-]c1.c1cc[cH-]c1. The standard InChI is InChI=1S/2C5H5.C4H10O.C2H5.CH3.Zr/c2*1-2-4-5-3-1;1-2-3-4-5;1-2;;/h2*1-5H;5H,2-4H2,1H3;1H2,2H3;1H3;/q2*-1;;2*-1;+4. The van der Waals surface area contributed by atoms with Crippen molar-refractivity contribution in [2.45, 2.75) is 26.7 Å². The molecule has 106 valence electrons. The van der Waals surface area contributed by atoms with Gasteiger partial charge in [0.2, 0.25) is 0 Å². The van der Waals surface area contributed by atoms with Gasteiger partial charge in [0.05, 0.1) is 0 Å². The second-order valence-corrected chi connectivity index (χ2v) is 3.00. The zero-order valence-electron chi connectivity index (χ0n) is 12.5. The van der Waals surface area contributed by atoms with E-state index in [0.717, 1.165) is 12.8 Å². The Balaban J connectivity index is -0.0000000794. The second-order valence-electron chi connectivity index (χ2n) is 3.00. The summed E-state index contributed by atoms with van der Waals surface area (Å²) >= 11 is 0. The molecule has 0 atom stereocenters. The summed E-state index contributed by atoms with van der Waals surface area (Å²) in [5.41, 5.74) is 0. The van der Waals surface area contributed by atoms with Crippen LogP contribution in [-0.2, 0) is 26.2 Å². The first-order chi connectivity index (χ1) is 8.41. The van der Waals surface area contributed by atoms with Gasteiger partial charge in [0.25, 0.3) is 0 Å². The van der Waals surface area contributed by atoms with E-state index in [1.807, 2.05) is 60.7 Å². The van der Waals surface area contributed by atoms with E-state index in [1.165, 1.54) is 0 Å². The number of hydrogen-bond acceptors (Lipinski definition) is 1. The molecular formula is C17H28OZr. The van der Waals surface area contributed by atoms with Gasteiger partial charge in [-0.3, -0.25) is 0 Å². The number of aliphatic hydroxyl groups is 1. The molecule has 2 aromatic carbocycles. The van der Waals surface area contributed by atoms with Crippen LogP contribution in [0, 0.1) is 14.4 Å². The monoisotopic (exact) mass is 338 g/mol. The van der Waals surface area contributed by atoms with Crippen LogP contribution in [0.2, 0.25) is 0 Å². The summed E-state index contributed by atoms with van der Waals surface area (Å²) in [6.45, 7) is 7.40. The number of rotatable bonds is 2. The largest absolute Gasteiger partial charge is 4.00 e. The van der Waals surface area contributed by atoms with Gasteiger partial charge in [-0.25, -0.2) is 24.3 Å². The molecule has 0 radical (unpaired) electrons. The van der Waals surface area contributed by atoms with E-state index in [4.69, 9.17) is 5.11 Å². The van der Waals surface area contributed by atoms with Crippen molar-refractivity contribution < 1.29 is 31.3 Å². The Kier molecular flexibility index (Phi) is 43.3. The molecule has 2 aromatic rings. The maximum atomic E-state index is 8.07. The summed E-state index contributed by atoms with van der Waals surface area (Å²) in [5, 5.41) is 8.07. The zero-order chi connectivity index (χ0) is 13.2. The smallest absolute Gasteiger partial charge is 0.396 e. The van der Waals surface area contributed by atoms with Crippen molar-refractivity contribution >= 4 is 0 Å². The number of unbranched alkanes of at least 4 members (excludes halogenated alkanes) is 1. The minimum Gasteiger partial charge on any atom is -0.396 e. The first-order valence-electron chi connectivity index (χ1n) is 6.06. The maximum absolute atomic E-state index is 8.07. The topological polar surface area (TPSA) is 20.2 Å². The Hall–Kier alpha value is -0.457. The third-order valence-corrected chi connectivity index (χ3v) is 1.62. The molecule has 0 saturated heterocycles. The van der Waals surface area contributed by atoms with Crippen molar-refractivity contribution in [3.8, 4) is 0 Å². The fourth-order valence-corrected chi connectivity index (χ4v) is 0.800. The maximum Gasteiger partial charge on any atom is 4.00 e. The van der Waals surface area contributed by atoms with Crippen LogP contribution in [0.25, 0.3) is 0 Å². The summed E-state index contributed by atoms with van der Waals surface area (Å²) in [7, 11) is 0. The minimum atomic E-state index is 0. The molecule has 0 aromatic heterocycles. The Morgan fingerprint density at radius 1 is 0.895 bits per heavy atom. The van der Waals surface area contributed by atoms with E-state index >= 15 is 0 Å². The van der Waals surface area contributed by atoms with E-state index in [9.17, 15) is 0 Å². The van der Waals surface area contributed by atoms with Gasteiger partial charge in [-0.1, -0.05) is 13.3 Å². The van der Waals surface area contributed by atoms with Crippen LogP contribution in [0.4, 0.5) is 0 Å². The Morgan fingerprint density at radius 2 is 1.21 bits per heavy atom. The van der Waals surface area contributed by atoms with E-state index in [1.54, 1.807) is 6.92 Å². The number of hydrogen-bond donors (Lipinski definition) is 1. The van der Waals surface area contributed by atoms with E-state index in [-0.39, 0.29) is 33.6 Å². The molecule has 0 fully saturated rings. The van der Waals surface area contributed by atoms with Gasteiger partial charge in [0.1, 0.15) is 0 Å². The van der Waals surface area contributed by atoms with Gasteiger partial charge >= 0.3 is 26.2 Å². The van der Waals surface area contributed by atoms with Crippen molar-refractivity contribution in [3.63, 3.8) is 0 Å². The molecule has 0 amide bonds. The molecule has 1 nitrogen and oxygen atoms in total. The first-order valence-corrected chi connectivity index (χ1v) is 6.06. The van der Waals surface area contributed by atoms with Gasteiger partial charge in [0.15, 0.2) is 0 Å². The minimum absolute atomic E-state index is 0. The Labute approximate surface area is 139 Å². The van der Waals surface area contributed by atoms with Crippen LogP contribution < -0.4 is 0 Å². The summed E-state index contributed by atoms with van der Waals surface area (Å²) in [4.78, 5) is 0. The average Bonchev–Trinajstić information content (AvgIpc) is 3.11. The fourth-order valence-electron chi connectivity index (χ4n) is 0.800. The summed E-state index contributed by atoms with van der Waals surface area (Å²) < 4.78 is 0. The molecule has 19 heavy (non-hydrogen) atoms. The van der Waals surface area contributed by atoms with E-state index in [0.29, 0.717) is 6.61 Å². The predicted octanol–water partition coefficient (Wildman–Crippen LogP) is 4.88. The van der Waals surface area contributed by atoms with Gasteiger partial charge in [-0.15, -0.1) is 0 Å². The van der Waals surface area contributed by atoms with Crippen LogP contribution in [-0.4, -0.2) is 11.7 Å². The molecule has 0 aliphatic carbocycles. The fraction of sp³-hybridized carbons (Fsp3) is 0.294. The average molecular weight is 340 g/mol. The molecule has 2 heteroatoms. The Bertz CT molecular complexity index is 186. The van der Waals surface area contributed by atoms with Crippen molar-refractivity contribution in [2.24, 2.45) is 0 Å². The molecule has 1 N–H and O–H groups in total. The van der Waals surface area contributed by atoms with Crippen LogP contribution in [0.15, 0.2) is 60.7 Å². The van der Waals surface area contributed by atoms with Crippen LogP contribution in [0.5, 0.6) is 0 Å². The molecule has 0 aliphatic rings. The van der Waals surface area contributed by atoms with Crippen molar-refractivity contribution in [1.29, 1.82) is 0 Å². The van der Waals surface area contributed by atoms with E-state index < -0.39 is 0 Å². The summed E-state index contributed by atoms with van der Waals surface area (Å²) in [6, 6.07) is 20.0.